The first-order chi connectivity index (χ1) is 14.3. The molecular weight excluding hydrogens is 418 g/mol. The number of ether oxygens (including phenoxy) is 2. The molecule has 31 heavy (non-hydrogen) atoms. The molecule has 2 amide bonds. The van der Waals surface area contributed by atoms with Gasteiger partial charge in [-0.05, 0) is 64.7 Å². The summed E-state index contributed by atoms with van der Waals surface area (Å²) in [7, 11) is 3.28. The van der Waals surface area contributed by atoms with Crippen molar-refractivity contribution in [1.82, 2.24) is 9.80 Å². The maximum Gasteiger partial charge on any atom is 0.410 e. The minimum absolute atomic E-state index is 0.100. The number of methoxy groups -OCH3 is 1. The molecule has 1 aromatic rings. The molecule has 174 valence electrons. The van der Waals surface area contributed by atoms with Crippen LogP contribution in [-0.4, -0.2) is 72.3 Å². The number of hydrogen-bond acceptors (Lipinski definition) is 5. The molecule has 0 unspecified atom stereocenters. The summed E-state index contributed by atoms with van der Waals surface area (Å²) in [6, 6.07) is 7.56. The minimum atomic E-state index is -1.18. The topological polar surface area (TPSA) is 85.1 Å². The molecule has 1 aromatic carbocycles. The average molecular weight is 454 g/mol. The number of piperidine rings is 1. The lowest BCUT2D eigenvalue weighted by Crippen LogP contribution is -2.66. The van der Waals surface area contributed by atoms with Crippen LogP contribution in [0.2, 0.25) is 5.02 Å². The van der Waals surface area contributed by atoms with Gasteiger partial charge >= 0.3 is 6.09 Å². The van der Waals surface area contributed by atoms with Crippen molar-refractivity contribution in [2.24, 2.45) is 5.73 Å². The first-order valence-corrected chi connectivity index (χ1v) is 11.0. The minimum Gasteiger partial charge on any atom is -0.444 e. The van der Waals surface area contributed by atoms with Gasteiger partial charge in [-0.2, -0.15) is 0 Å². The number of nitrogens with zero attached hydrogens (tertiary/aromatic N) is 2. The van der Waals surface area contributed by atoms with Crippen molar-refractivity contribution in [2.45, 2.75) is 63.6 Å². The highest BCUT2D eigenvalue weighted by Gasteiger charge is 2.46. The number of nitrogens with two attached hydrogens (primary N) is 1. The van der Waals surface area contributed by atoms with E-state index in [0.717, 1.165) is 18.4 Å². The Labute approximate surface area is 190 Å². The predicted molar refractivity (Wildman–Crippen MR) is 122 cm³/mol. The number of halogens is 1. The van der Waals surface area contributed by atoms with Gasteiger partial charge in [-0.15, -0.1) is 0 Å². The lowest BCUT2D eigenvalue weighted by Gasteiger charge is -2.50. The largest absolute Gasteiger partial charge is 0.444 e. The summed E-state index contributed by atoms with van der Waals surface area (Å²) in [4.78, 5) is 29.6. The average Bonchev–Trinajstić information content (AvgIpc) is 2.67. The summed E-state index contributed by atoms with van der Waals surface area (Å²) in [6.07, 6.45) is 1.67. The summed E-state index contributed by atoms with van der Waals surface area (Å²) in [5.74, 6) is -0.227. The molecular formula is C23H36ClN3O4. The molecule has 2 atom stereocenters. The van der Waals surface area contributed by atoms with E-state index in [0.29, 0.717) is 24.5 Å². The van der Waals surface area contributed by atoms with Gasteiger partial charge in [0, 0.05) is 32.3 Å². The molecule has 1 aliphatic rings. The summed E-state index contributed by atoms with van der Waals surface area (Å²) in [5.41, 5.74) is 4.92. The van der Waals surface area contributed by atoms with E-state index in [-0.39, 0.29) is 18.6 Å². The highest BCUT2D eigenvalue weighted by Crippen LogP contribution is 2.33. The molecule has 0 spiro atoms. The zero-order chi connectivity index (χ0) is 23.4. The van der Waals surface area contributed by atoms with E-state index in [4.69, 9.17) is 26.8 Å². The van der Waals surface area contributed by atoms with Crippen LogP contribution in [0.4, 0.5) is 4.79 Å². The lowest BCUT2D eigenvalue weighted by atomic mass is 9.80. The number of carbonyl (C=O) groups excluding carboxylic acids is 2. The van der Waals surface area contributed by atoms with Crippen LogP contribution in [0.1, 0.15) is 46.1 Å². The highest BCUT2D eigenvalue weighted by atomic mass is 35.5. The van der Waals surface area contributed by atoms with Crippen LogP contribution >= 0.6 is 11.6 Å². The fourth-order valence-electron chi connectivity index (χ4n) is 4.07. The van der Waals surface area contributed by atoms with Crippen molar-refractivity contribution in [3.63, 3.8) is 0 Å². The van der Waals surface area contributed by atoms with Crippen molar-refractivity contribution in [3.8, 4) is 0 Å². The fraction of sp³-hybridized carbons (Fsp3) is 0.652. The van der Waals surface area contributed by atoms with E-state index in [2.05, 4.69) is 0 Å². The maximum absolute atomic E-state index is 13.4. The van der Waals surface area contributed by atoms with Gasteiger partial charge in [0.1, 0.15) is 11.1 Å². The molecule has 0 aromatic heterocycles. The van der Waals surface area contributed by atoms with Crippen LogP contribution < -0.4 is 5.73 Å². The van der Waals surface area contributed by atoms with Crippen LogP contribution in [0.15, 0.2) is 24.3 Å². The SMILES string of the molecule is COC[C@@](C)(N)C(=O)N(C)[C@@]1(Cc2ccc(Cl)cc2)CCCN(C(=O)OC(C)(C)C)C1. The van der Waals surface area contributed by atoms with Crippen LogP contribution in [0, 0.1) is 0 Å². The number of carbonyl (C=O) groups is 2. The highest BCUT2D eigenvalue weighted by molar-refractivity contribution is 6.30. The molecule has 0 bridgehead atoms. The number of benzene rings is 1. The van der Waals surface area contributed by atoms with Crippen molar-refractivity contribution < 1.29 is 19.1 Å². The fourth-order valence-corrected chi connectivity index (χ4v) is 4.20. The monoisotopic (exact) mass is 453 g/mol. The van der Waals surface area contributed by atoms with Crippen molar-refractivity contribution in [3.05, 3.63) is 34.9 Å². The Kier molecular flexibility index (Phi) is 8.00. The zero-order valence-electron chi connectivity index (χ0n) is 19.5. The molecule has 0 radical (unpaired) electrons. The molecule has 8 heteroatoms. The standard InChI is InChI=1S/C23H36ClN3O4/c1-21(2,3)31-20(29)27-13-7-12-23(15-27,14-17-8-10-18(24)11-9-17)26(5)19(28)22(4,25)16-30-6/h8-11H,7,12-16,25H2,1-6H3/t22-,23-/m1/s1. The quantitative estimate of drug-likeness (QED) is 0.712. The third-order valence-electron chi connectivity index (χ3n) is 5.60. The molecule has 1 heterocycles. The Morgan fingerprint density at radius 2 is 1.84 bits per heavy atom. The smallest absolute Gasteiger partial charge is 0.410 e. The molecule has 0 saturated carbocycles. The lowest BCUT2D eigenvalue weighted by molar-refractivity contribution is -0.145. The second-order valence-corrected chi connectivity index (χ2v) is 10.2. The van der Waals surface area contributed by atoms with E-state index in [1.54, 1.807) is 23.8 Å². The molecule has 2 N–H and O–H groups in total. The van der Waals surface area contributed by atoms with Gasteiger partial charge in [-0.3, -0.25) is 4.79 Å². The zero-order valence-corrected chi connectivity index (χ0v) is 20.3. The molecule has 0 aliphatic carbocycles. The second-order valence-electron chi connectivity index (χ2n) is 9.75. The first kappa shape index (κ1) is 25.4. The number of likely N-dealkylation sites (tertiary alicyclic amines) is 1. The third kappa shape index (κ3) is 6.57. The summed E-state index contributed by atoms with van der Waals surface area (Å²) < 4.78 is 10.8. The summed E-state index contributed by atoms with van der Waals surface area (Å²) >= 11 is 6.06. The van der Waals surface area contributed by atoms with Gasteiger partial charge in [-0.1, -0.05) is 23.7 Å². The van der Waals surface area contributed by atoms with Gasteiger partial charge < -0.3 is 25.0 Å². The number of hydrogen-bond donors (Lipinski definition) is 1. The van der Waals surface area contributed by atoms with E-state index in [9.17, 15) is 9.59 Å². The number of rotatable bonds is 6. The molecule has 1 saturated heterocycles. The first-order valence-electron chi connectivity index (χ1n) is 10.6. The van der Waals surface area contributed by atoms with E-state index >= 15 is 0 Å². The third-order valence-corrected chi connectivity index (χ3v) is 5.85. The maximum atomic E-state index is 13.4. The van der Waals surface area contributed by atoms with Gasteiger partial charge in [-0.25, -0.2) is 4.79 Å². The Bertz CT molecular complexity index is 776. The van der Waals surface area contributed by atoms with Crippen molar-refractivity contribution in [1.29, 1.82) is 0 Å². The number of amides is 2. The van der Waals surface area contributed by atoms with E-state index in [1.165, 1.54) is 7.11 Å². The second kappa shape index (κ2) is 9.76. The Morgan fingerprint density at radius 1 is 1.23 bits per heavy atom. The van der Waals surface area contributed by atoms with Crippen LogP contribution in [-0.2, 0) is 20.7 Å². The number of likely N-dealkylation sites (N-methyl/N-ethyl adjacent to an activating group) is 1. The predicted octanol–water partition coefficient (Wildman–Crippen LogP) is 3.47. The normalized spacial score (nSPS) is 21.4. The van der Waals surface area contributed by atoms with Gasteiger partial charge in [0.05, 0.1) is 12.1 Å². The van der Waals surface area contributed by atoms with Crippen molar-refractivity contribution in [2.75, 3.05) is 33.9 Å². The van der Waals surface area contributed by atoms with Gasteiger partial charge in [0.25, 0.3) is 0 Å². The van der Waals surface area contributed by atoms with Crippen LogP contribution in [0.5, 0.6) is 0 Å². The van der Waals surface area contributed by atoms with Crippen molar-refractivity contribution >= 4 is 23.6 Å². The Balaban J connectivity index is 2.38. The summed E-state index contributed by atoms with van der Waals surface area (Å²) in [5, 5.41) is 0.649. The summed E-state index contributed by atoms with van der Waals surface area (Å²) in [6.45, 7) is 8.23. The molecule has 1 aliphatic heterocycles. The molecule has 2 rings (SSSR count). The molecule has 1 fully saturated rings. The van der Waals surface area contributed by atoms with Gasteiger partial charge in [0.15, 0.2) is 0 Å². The van der Waals surface area contributed by atoms with Gasteiger partial charge in [0.2, 0.25) is 5.91 Å². The Morgan fingerprint density at radius 3 is 2.39 bits per heavy atom. The Hall–Kier alpha value is -1.83. The molecule has 7 nitrogen and oxygen atoms in total. The van der Waals surface area contributed by atoms with Crippen LogP contribution in [0.25, 0.3) is 0 Å². The van der Waals surface area contributed by atoms with Crippen LogP contribution in [0.3, 0.4) is 0 Å². The van der Waals surface area contributed by atoms with E-state index in [1.807, 2.05) is 45.0 Å². The van der Waals surface area contributed by atoms with E-state index < -0.39 is 16.7 Å².